The normalized spacial score (nSPS) is 12.1. The summed E-state index contributed by atoms with van der Waals surface area (Å²) in [5.74, 6) is 0.0885. The van der Waals surface area contributed by atoms with Crippen LogP contribution in [0.5, 0.6) is 0 Å². The van der Waals surface area contributed by atoms with Crippen LogP contribution in [-0.4, -0.2) is 10.9 Å². The van der Waals surface area contributed by atoms with Crippen LogP contribution in [0, 0.1) is 0 Å². The molecule has 148 valence electrons. The van der Waals surface area contributed by atoms with Crippen molar-refractivity contribution in [3.63, 3.8) is 0 Å². The van der Waals surface area contributed by atoms with Gasteiger partial charge >= 0.3 is 0 Å². The van der Waals surface area contributed by atoms with Crippen molar-refractivity contribution < 1.29 is 27.0 Å². The monoisotopic (exact) mass is 410 g/mol. The van der Waals surface area contributed by atoms with E-state index in [1.165, 1.54) is 0 Å². The van der Waals surface area contributed by atoms with Gasteiger partial charge in [0, 0.05) is 17.1 Å². The summed E-state index contributed by atoms with van der Waals surface area (Å²) in [5.41, 5.74) is 2.47. The Morgan fingerprint density at radius 2 is 1.36 bits per heavy atom. The van der Waals surface area contributed by atoms with Crippen LogP contribution in [0.4, 0.5) is 0 Å². The first-order chi connectivity index (χ1) is 13.1. The molecule has 0 saturated carbocycles. The molecule has 0 aliphatic carbocycles. The molecule has 3 heteroatoms. The van der Waals surface area contributed by atoms with E-state index < -0.39 is 5.60 Å². The minimum atomic E-state index is -0.884. The second-order valence-corrected chi connectivity index (χ2v) is 6.48. The summed E-state index contributed by atoms with van der Waals surface area (Å²) in [6, 6.07) is 34.2. The van der Waals surface area contributed by atoms with Gasteiger partial charge < -0.3 is 51.1 Å². The smallest absolute Gasteiger partial charge is 0.0683 e. The average molecular weight is 410 g/mol. The largest absolute Gasteiger partial charge is 0.644 e. The van der Waals surface area contributed by atoms with Crippen LogP contribution in [0.25, 0.3) is 0 Å². The molecule has 4 aromatic rings. The number of hydrogen-bond donors (Lipinski definition) is 1. The van der Waals surface area contributed by atoms with Crippen molar-refractivity contribution in [2.45, 2.75) is 12.5 Å². The van der Waals surface area contributed by atoms with Gasteiger partial charge in [-0.2, -0.15) is 24.3 Å². The maximum Gasteiger partial charge on any atom is 0.0683 e. The van der Waals surface area contributed by atoms with Crippen molar-refractivity contribution in [3.05, 3.63) is 131 Å². The van der Waals surface area contributed by atoms with Crippen LogP contribution < -0.4 is 0 Å². The SMILES string of the molecule is CC(O)(c1ccccc1)[c-]1cccc1.O=C(c1ccccc1)[c-]1[cH-][cH-][cH-][cH-]1.[Fe]. The van der Waals surface area contributed by atoms with Crippen molar-refractivity contribution in [3.8, 4) is 0 Å². The van der Waals surface area contributed by atoms with Crippen LogP contribution in [0.15, 0.2) is 109 Å². The number of aliphatic hydroxyl groups is 1. The Kier molecular flexibility index (Phi) is 7.71. The van der Waals surface area contributed by atoms with Gasteiger partial charge in [0.2, 0.25) is 0 Å². The quantitative estimate of drug-likeness (QED) is 0.282. The zero-order valence-corrected chi connectivity index (χ0v) is 16.7. The molecule has 4 aromatic carbocycles. The molecule has 1 unspecified atom stereocenters. The second-order valence-electron chi connectivity index (χ2n) is 6.48. The molecule has 0 amide bonds. The average Bonchev–Trinajstić information content (AvgIpc) is 3.43. The molecule has 1 atom stereocenters. The third-order valence-electron chi connectivity index (χ3n) is 4.52. The molecule has 0 spiro atoms. The van der Waals surface area contributed by atoms with E-state index in [9.17, 15) is 9.90 Å². The Morgan fingerprint density at radius 3 is 1.89 bits per heavy atom. The molecule has 0 bridgehead atoms. The van der Waals surface area contributed by atoms with Crippen molar-refractivity contribution in [1.29, 1.82) is 0 Å². The molecule has 0 fully saturated rings. The fourth-order valence-corrected chi connectivity index (χ4v) is 2.91. The van der Waals surface area contributed by atoms with Crippen LogP contribution in [0.3, 0.4) is 0 Å². The van der Waals surface area contributed by atoms with Gasteiger partial charge in [-0.25, -0.2) is 12.1 Å². The molecular weight excluding hydrogens is 388 g/mol. The summed E-state index contributed by atoms with van der Waals surface area (Å²) in [5, 5.41) is 10.3. The second kappa shape index (κ2) is 10.0. The van der Waals surface area contributed by atoms with E-state index in [0.717, 1.165) is 22.3 Å². The maximum absolute atomic E-state index is 11.7. The Hall–Kier alpha value is -2.71. The van der Waals surface area contributed by atoms with E-state index in [1.54, 1.807) is 0 Å². The first-order valence-electron chi connectivity index (χ1n) is 8.90. The van der Waals surface area contributed by atoms with Crippen LogP contribution in [0.2, 0.25) is 0 Å². The summed E-state index contributed by atoms with van der Waals surface area (Å²) in [6.07, 6.45) is 0. The Labute approximate surface area is 176 Å². The van der Waals surface area contributed by atoms with E-state index in [2.05, 4.69) is 0 Å². The van der Waals surface area contributed by atoms with E-state index in [-0.39, 0.29) is 22.9 Å². The van der Waals surface area contributed by atoms with E-state index in [1.807, 2.05) is 116 Å². The van der Waals surface area contributed by atoms with Crippen LogP contribution in [-0.2, 0) is 22.7 Å². The molecule has 0 aromatic heterocycles. The van der Waals surface area contributed by atoms with E-state index in [4.69, 9.17) is 0 Å². The van der Waals surface area contributed by atoms with Gasteiger partial charge in [-0.15, -0.1) is 5.56 Å². The third kappa shape index (κ3) is 5.17. The maximum atomic E-state index is 11.7. The van der Waals surface area contributed by atoms with E-state index >= 15 is 0 Å². The van der Waals surface area contributed by atoms with Crippen LogP contribution >= 0.6 is 0 Å². The topological polar surface area (TPSA) is 37.3 Å². The Bertz CT molecular complexity index is 938. The van der Waals surface area contributed by atoms with Gasteiger partial charge in [0.05, 0.1) is 5.60 Å². The van der Waals surface area contributed by atoms with Crippen molar-refractivity contribution in [2.75, 3.05) is 0 Å². The van der Waals surface area contributed by atoms with Crippen molar-refractivity contribution in [1.82, 2.24) is 0 Å². The Balaban J connectivity index is 0.000000194. The van der Waals surface area contributed by atoms with Gasteiger partial charge in [0.1, 0.15) is 0 Å². The predicted octanol–water partition coefficient (Wildman–Crippen LogP) is 5.30. The number of carbonyl (C=O) groups is 1. The molecule has 0 radical (unpaired) electrons. The molecular formula is C25H22FeO2-6. The number of rotatable bonds is 4. The van der Waals surface area contributed by atoms with Gasteiger partial charge in [0.25, 0.3) is 0 Å². The summed E-state index contributed by atoms with van der Waals surface area (Å²) < 4.78 is 0. The zero-order chi connectivity index (χ0) is 19.1. The standard InChI is InChI=1S/C13H13O.C12H9O.Fe/c1-13(14,12-9-5-6-10-12)11-7-3-2-4-8-11;13-12(11-8-4-5-9-11)10-6-2-1-3-7-10;/h2-10,14H,1H3;1-9H;/q-1;-5;. The molecule has 0 aliphatic heterocycles. The predicted molar refractivity (Wildman–Crippen MR) is 109 cm³/mol. The molecule has 4 rings (SSSR count). The molecule has 1 N–H and O–H groups in total. The Morgan fingerprint density at radius 1 is 0.857 bits per heavy atom. The third-order valence-corrected chi connectivity index (χ3v) is 4.52. The molecule has 0 aliphatic rings. The molecule has 28 heavy (non-hydrogen) atoms. The first-order valence-corrected chi connectivity index (χ1v) is 8.90. The minimum Gasteiger partial charge on any atom is -0.644 e. The first kappa shape index (κ1) is 21.6. The zero-order valence-electron chi connectivity index (χ0n) is 15.6. The number of benzene rings is 2. The van der Waals surface area contributed by atoms with Gasteiger partial charge in [-0.05, 0) is 12.5 Å². The summed E-state index contributed by atoms with van der Waals surface area (Å²) in [6.45, 7) is 1.82. The van der Waals surface area contributed by atoms with Crippen LogP contribution in [0.1, 0.15) is 34.0 Å². The summed E-state index contributed by atoms with van der Waals surface area (Å²) in [4.78, 5) is 11.7. The minimum absolute atomic E-state index is 0. The van der Waals surface area contributed by atoms with E-state index in [0.29, 0.717) is 0 Å². The van der Waals surface area contributed by atoms with Gasteiger partial charge in [-0.1, -0.05) is 48.5 Å². The van der Waals surface area contributed by atoms with Crippen molar-refractivity contribution >= 4 is 5.78 Å². The summed E-state index contributed by atoms with van der Waals surface area (Å²) >= 11 is 0. The fourth-order valence-electron chi connectivity index (χ4n) is 2.91. The fraction of sp³-hybridized carbons (Fsp3) is 0.0800. The number of carbonyl (C=O) groups excluding carboxylic acids is 1. The molecule has 0 saturated heterocycles. The summed E-state index contributed by atoms with van der Waals surface area (Å²) in [7, 11) is 0. The molecule has 2 nitrogen and oxygen atoms in total. The number of ketones is 1. The van der Waals surface area contributed by atoms with Crippen molar-refractivity contribution in [2.24, 2.45) is 0 Å². The molecule has 0 heterocycles. The van der Waals surface area contributed by atoms with Gasteiger partial charge in [0.15, 0.2) is 0 Å². The van der Waals surface area contributed by atoms with Gasteiger partial charge in [-0.3, -0.25) is 0 Å². The number of hydrogen-bond acceptors (Lipinski definition) is 2.